The van der Waals surface area contributed by atoms with Crippen molar-refractivity contribution in [3.63, 3.8) is 0 Å². The fourth-order valence-electron chi connectivity index (χ4n) is 1.79. The molecule has 0 aliphatic carbocycles. The van der Waals surface area contributed by atoms with Crippen LogP contribution in [-0.2, 0) is 11.3 Å². The first-order valence-electron chi connectivity index (χ1n) is 6.01. The fourth-order valence-corrected chi connectivity index (χ4v) is 2.72. The summed E-state index contributed by atoms with van der Waals surface area (Å²) in [4.78, 5) is 11.9. The average Bonchev–Trinajstić information content (AvgIpc) is 2.46. The van der Waals surface area contributed by atoms with Crippen molar-refractivity contribution in [3.05, 3.63) is 29.8 Å². The van der Waals surface area contributed by atoms with E-state index in [2.05, 4.69) is 10.6 Å². The van der Waals surface area contributed by atoms with Gasteiger partial charge in [-0.25, -0.2) is 0 Å². The minimum Gasteiger partial charge on any atom is -0.497 e. The Morgan fingerprint density at radius 3 is 2.89 bits per heavy atom. The second-order valence-corrected chi connectivity index (χ2v) is 5.30. The van der Waals surface area contributed by atoms with E-state index in [0.29, 0.717) is 6.54 Å². The highest BCUT2D eigenvalue weighted by Gasteiger charge is 2.20. The van der Waals surface area contributed by atoms with Gasteiger partial charge in [0.05, 0.1) is 13.2 Å². The quantitative estimate of drug-likeness (QED) is 0.854. The van der Waals surface area contributed by atoms with Crippen LogP contribution in [0.2, 0.25) is 0 Å². The van der Waals surface area contributed by atoms with Gasteiger partial charge in [0.25, 0.3) is 0 Å². The number of ether oxygens (including phenoxy) is 1. The summed E-state index contributed by atoms with van der Waals surface area (Å²) in [6, 6.07) is 7.67. The molecule has 5 heteroatoms. The molecule has 1 saturated heterocycles. The molecule has 0 radical (unpaired) electrons. The van der Waals surface area contributed by atoms with Crippen LogP contribution in [0.25, 0.3) is 0 Å². The first kappa shape index (κ1) is 13.2. The van der Waals surface area contributed by atoms with E-state index in [1.54, 1.807) is 7.11 Å². The van der Waals surface area contributed by atoms with Gasteiger partial charge < -0.3 is 15.4 Å². The maximum absolute atomic E-state index is 11.9. The molecule has 1 aliphatic heterocycles. The summed E-state index contributed by atoms with van der Waals surface area (Å²) in [5, 5.41) is 6.17. The van der Waals surface area contributed by atoms with Gasteiger partial charge in [-0.1, -0.05) is 12.1 Å². The topological polar surface area (TPSA) is 50.4 Å². The largest absolute Gasteiger partial charge is 0.497 e. The Labute approximate surface area is 111 Å². The summed E-state index contributed by atoms with van der Waals surface area (Å²) in [6.45, 7) is 1.47. The van der Waals surface area contributed by atoms with Crippen LogP contribution in [-0.4, -0.2) is 37.1 Å². The third-order valence-corrected chi connectivity index (χ3v) is 3.93. The Morgan fingerprint density at radius 1 is 1.50 bits per heavy atom. The zero-order valence-corrected chi connectivity index (χ0v) is 11.3. The second-order valence-electron chi connectivity index (χ2n) is 4.15. The van der Waals surface area contributed by atoms with Crippen molar-refractivity contribution >= 4 is 17.7 Å². The van der Waals surface area contributed by atoms with E-state index >= 15 is 0 Å². The average molecular weight is 266 g/mol. The lowest BCUT2D eigenvalue weighted by molar-refractivity contribution is -0.122. The van der Waals surface area contributed by atoms with Gasteiger partial charge in [-0.3, -0.25) is 4.79 Å². The maximum atomic E-state index is 11.9. The molecule has 1 heterocycles. The van der Waals surface area contributed by atoms with Gasteiger partial charge in [0.2, 0.25) is 5.91 Å². The van der Waals surface area contributed by atoms with Crippen molar-refractivity contribution < 1.29 is 9.53 Å². The molecule has 0 spiro atoms. The van der Waals surface area contributed by atoms with Crippen LogP contribution in [0.4, 0.5) is 0 Å². The number of thioether (sulfide) groups is 1. The number of amides is 1. The van der Waals surface area contributed by atoms with Crippen molar-refractivity contribution in [2.45, 2.75) is 12.6 Å². The molecule has 1 unspecified atom stereocenters. The summed E-state index contributed by atoms with van der Waals surface area (Å²) in [6.07, 6.45) is 0. The Balaban J connectivity index is 1.80. The number of hydrogen-bond acceptors (Lipinski definition) is 4. The summed E-state index contributed by atoms with van der Waals surface area (Å²) in [5.41, 5.74) is 1.08. The molecular formula is C13H18N2O2S. The van der Waals surface area contributed by atoms with E-state index in [0.717, 1.165) is 29.4 Å². The molecule has 2 N–H and O–H groups in total. The van der Waals surface area contributed by atoms with Crippen molar-refractivity contribution in [3.8, 4) is 5.75 Å². The number of rotatable bonds is 4. The van der Waals surface area contributed by atoms with Crippen LogP contribution in [0.15, 0.2) is 24.3 Å². The molecule has 0 aromatic heterocycles. The maximum Gasteiger partial charge on any atom is 0.238 e. The minimum absolute atomic E-state index is 0.0537. The third kappa shape index (κ3) is 3.65. The van der Waals surface area contributed by atoms with Crippen molar-refractivity contribution in [2.75, 3.05) is 25.2 Å². The van der Waals surface area contributed by atoms with Gasteiger partial charge in [-0.2, -0.15) is 11.8 Å². The number of carbonyl (C=O) groups is 1. The van der Waals surface area contributed by atoms with E-state index in [-0.39, 0.29) is 11.9 Å². The van der Waals surface area contributed by atoms with Gasteiger partial charge in [0.1, 0.15) is 5.75 Å². The van der Waals surface area contributed by atoms with E-state index < -0.39 is 0 Å². The van der Waals surface area contributed by atoms with Crippen LogP contribution in [0.1, 0.15) is 5.56 Å². The van der Waals surface area contributed by atoms with Crippen LogP contribution in [0, 0.1) is 0 Å². The molecule has 1 aliphatic rings. The summed E-state index contributed by atoms with van der Waals surface area (Å²) in [7, 11) is 1.64. The molecule has 1 atom stereocenters. The molecule has 4 nitrogen and oxygen atoms in total. The molecule has 2 rings (SSSR count). The van der Waals surface area contributed by atoms with E-state index in [9.17, 15) is 4.79 Å². The molecule has 1 aromatic rings. The Hall–Kier alpha value is -1.20. The third-order valence-electron chi connectivity index (χ3n) is 2.86. The molecule has 0 saturated carbocycles. The van der Waals surface area contributed by atoms with E-state index in [1.807, 2.05) is 36.0 Å². The lowest BCUT2D eigenvalue weighted by atomic mass is 10.2. The lowest BCUT2D eigenvalue weighted by Crippen LogP contribution is -2.48. The smallest absolute Gasteiger partial charge is 0.238 e. The molecule has 0 bridgehead atoms. The van der Waals surface area contributed by atoms with Crippen LogP contribution < -0.4 is 15.4 Å². The molecule has 1 amide bonds. The number of methoxy groups -OCH3 is 1. The van der Waals surface area contributed by atoms with Gasteiger partial charge in [0, 0.05) is 24.6 Å². The molecule has 98 valence electrons. The van der Waals surface area contributed by atoms with Crippen LogP contribution in [0.3, 0.4) is 0 Å². The van der Waals surface area contributed by atoms with E-state index in [4.69, 9.17) is 4.74 Å². The first-order valence-corrected chi connectivity index (χ1v) is 7.17. The predicted molar refractivity (Wildman–Crippen MR) is 74.0 cm³/mol. The highest BCUT2D eigenvalue weighted by atomic mass is 32.2. The summed E-state index contributed by atoms with van der Waals surface area (Å²) < 4.78 is 5.09. The highest BCUT2D eigenvalue weighted by molar-refractivity contribution is 7.99. The predicted octanol–water partition coefficient (Wildman–Crippen LogP) is 1.02. The minimum atomic E-state index is -0.0537. The Morgan fingerprint density at radius 2 is 2.28 bits per heavy atom. The van der Waals surface area contributed by atoms with Crippen LogP contribution in [0.5, 0.6) is 5.75 Å². The Bertz CT molecular complexity index is 388. The summed E-state index contributed by atoms with van der Waals surface area (Å²) >= 11 is 1.82. The monoisotopic (exact) mass is 266 g/mol. The normalized spacial score (nSPS) is 19.3. The molecule has 1 fully saturated rings. The lowest BCUT2D eigenvalue weighted by Gasteiger charge is -2.22. The van der Waals surface area contributed by atoms with Crippen molar-refractivity contribution in [2.24, 2.45) is 0 Å². The van der Waals surface area contributed by atoms with Crippen LogP contribution >= 0.6 is 11.8 Å². The molecule has 1 aromatic carbocycles. The first-order chi connectivity index (χ1) is 8.79. The number of benzene rings is 1. The van der Waals surface area contributed by atoms with Gasteiger partial charge >= 0.3 is 0 Å². The van der Waals surface area contributed by atoms with Crippen molar-refractivity contribution in [1.29, 1.82) is 0 Å². The highest BCUT2D eigenvalue weighted by Crippen LogP contribution is 2.11. The number of nitrogens with one attached hydrogen (secondary N) is 2. The van der Waals surface area contributed by atoms with Gasteiger partial charge in [0.15, 0.2) is 0 Å². The summed E-state index contributed by atoms with van der Waals surface area (Å²) in [5.74, 6) is 2.85. The fraction of sp³-hybridized carbons (Fsp3) is 0.462. The zero-order chi connectivity index (χ0) is 12.8. The SMILES string of the molecule is COc1ccc(CNC(=O)C2CSCCN2)cc1. The standard InChI is InChI=1S/C13H18N2O2S/c1-17-11-4-2-10(3-5-11)8-15-13(16)12-9-18-7-6-14-12/h2-5,12,14H,6-9H2,1H3,(H,15,16). The number of carbonyl (C=O) groups excluding carboxylic acids is 1. The van der Waals surface area contributed by atoms with Gasteiger partial charge in [-0.15, -0.1) is 0 Å². The van der Waals surface area contributed by atoms with Crippen molar-refractivity contribution in [1.82, 2.24) is 10.6 Å². The van der Waals surface area contributed by atoms with E-state index in [1.165, 1.54) is 0 Å². The molecular weight excluding hydrogens is 248 g/mol. The second kappa shape index (κ2) is 6.66. The van der Waals surface area contributed by atoms with Gasteiger partial charge in [-0.05, 0) is 17.7 Å². The number of hydrogen-bond donors (Lipinski definition) is 2. The Kier molecular flexibility index (Phi) is 4.90. The molecule has 18 heavy (non-hydrogen) atoms. The zero-order valence-electron chi connectivity index (χ0n) is 10.4.